The highest BCUT2D eigenvalue weighted by Crippen LogP contribution is 2.38. The van der Waals surface area contributed by atoms with Crippen molar-refractivity contribution in [3.8, 4) is 0 Å². The summed E-state index contributed by atoms with van der Waals surface area (Å²) in [5.74, 6) is 0. The molecule has 1 aromatic carbocycles. The lowest BCUT2D eigenvalue weighted by Crippen LogP contribution is -2.17. The first-order valence-electron chi connectivity index (χ1n) is 5.47. The molecule has 2 rings (SSSR count). The van der Waals surface area contributed by atoms with Gasteiger partial charge < -0.3 is 5.73 Å². The van der Waals surface area contributed by atoms with Crippen LogP contribution in [0, 0.1) is 6.92 Å². The summed E-state index contributed by atoms with van der Waals surface area (Å²) in [7, 11) is 0. The van der Waals surface area contributed by atoms with Crippen molar-refractivity contribution >= 4 is 27.3 Å². The molecule has 0 aliphatic rings. The van der Waals surface area contributed by atoms with E-state index >= 15 is 0 Å². The molecule has 6 heteroatoms. The monoisotopic (exact) mass is 349 g/mol. The van der Waals surface area contributed by atoms with Gasteiger partial charge in [0, 0.05) is 14.2 Å². The number of benzene rings is 1. The fourth-order valence-corrected chi connectivity index (χ4v) is 3.08. The van der Waals surface area contributed by atoms with E-state index in [4.69, 9.17) is 5.73 Å². The van der Waals surface area contributed by atoms with Crippen LogP contribution < -0.4 is 5.73 Å². The first-order valence-corrected chi connectivity index (χ1v) is 7.08. The Morgan fingerprint density at radius 2 is 1.89 bits per heavy atom. The third-order valence-electron chi connectivity index (χ3n) is 2.72. The van der Waals surface area contributed by atoms with Gasteiger partial charge in [-0.05, 0) is 36.8 Å². The van der Waals surface area contributed by atoms with Gasteiger partial charge in [0.15, 0.2) is 0 Å². The van der Waals surface area contributed by atoms with Crippen LogP contribution in [-0.4, -0.2) is 0 Å². The Balaban J connectivity index is 2.50. The van der Waals surface area contributed by atoms with Crippen molar-refractivity contribution in [2.75, 3.05) is 0 Å². The lowest BCUT2D eigenvalue weighted by molar-refractivity contribution is -0.138. The highest BCUT2D eigenvalue weighted by molar-refractivity contribution is 9.10. The van der Waals surface area contributed by atoms with Gasteiger partial charge in [0.25, 0.3) is 0 Å². The van der Waals surface area contributed by atoms with Crippen LogP contribution in [0.25, 0.3) is 0 Å². The van der Waals surface area contributed by atoms with Crippen molar-refractivity contribution in [1.29, 1.82) is 0 Å². The summed E-state index contributed by atoms with van der Waals surface area (Å²) >= 11 is 4.47. The van der Waals surface area contributed by atoms with Gasteiger partial charge in [-0.15, -0.1) is 11.3 Å². The Kier molecular flexibility index (Phi) is 4.03. The van der Waals surface area contributed by atoms with Gasteiger partial charge in [-0.1, -0.05) is 22.0 Å². The molecule has 0 saturated carbocycles. The zero-order valence-electron chi connectivity index (χ0n) is 9.96. The Hall–Kier alpha value is -0.850. The second kappa shape index (κ2) is 5.26. The minimum atomic E-state index is -4.41. The lowest BCUT2D eigenvalue weighted by Gasteiger charge is -2.17. The predicted octanol–water partition coefficient (Wildman–Crippen LogP) is 4.89. The molecule has 1 atom stereocenters. The maximum Gasteiger partial charge on any atom is 0.416 e. The summed E-state index contributed by atoms with van der Waals surface area (Å²) in [6, 6.07) is 6.93. The normalized spacial score (nSPS) is 13.6. The number of hydrogen-bond donors (Lipinski definition) is 1. The van der Waals surface area contributed by atoms with Crippen LogP contribution in [0.3, 0.4) is 0 Å². The van der Waals surface area contributed by atoms with Gasteiger partial charge in [0.05, 0.1) is 11.6 Å². The van der Waals surface area contributed by atoms with Crippen LogP contribution in [0.2, 0.25) is 0 Å². The first kappa shape index (κ1) is 14.6. The average Bonchev–Trinajstić information content (AvgIpc) is 2.74. The number of thiophene rings is 1. The van der Waals surface area contributed by atoms with Gasteiger partial charge in [-0.2, -0.15) is 13.2 Å². The van der Waals surface area contributed by atoms with Crippen LogP contribution in [0.4, 0.5) is 13.2 Å². The highest BCUT2D eigenvalue weighted by atomic mass is 79.9. The Morgan fingerprint density at radius 3 is 2.42 bits per heavy atom. The average molecular weight is 350 g/mol. The standard InChI is InChI=1S/C13H11BrF3NS/c1-7-2-5-11(19-7)12(18)9-4-3-8(14)6-10(9)13(15,16)17/h2-6,12H,18H2,1H3. The van der Waals surface area contributed by atoms with Gasteiger partial charge in [-0.25, -0.2) is 0 Å². The smallest absolute Gasteiger partial charge is 0.320 e. The second-order valence-electron chi connectivity index (χ2n) is 4.16. The van der Waals surface area contributed by atoms with E-state index < -0.39 is 17.8 Å². The van der Waals surface area contributed by atoms with Crippen LogP contribution in [0.5, 0.6) is 0 Å². The Bertz CT molecular complexity index is 592. The summed E-state index contributed by atoms with van der Waals surface area (Å²) in [5.41, 5.74) is 5.37. The SMILES string of the molecule is Cc1ccc(C(N)c2ccc(Br)cc2C(F)(F)F)s1. The molecule has 1 aromatic heterocycles. The molecular formula is C13H11BrF3NS. The van der Waals surface area contributed by atoms with Gasteiger partial charge in [0.2, 0.25) is 0 Å². The molecule has 0 saturated heterocycles. The molecule has 2 aromatic rings. The van der Waals surface area contributed by atoms with Crippen molar-refractivity contribution in [3.63, 3.8) is 0 Å². The molecule has 0 spiro atoms. The molecule has 0 amide bonds. The van der Waals surface area contributed by atoms with Crippen molar-refractivity contribution < 1.29 is 13.2 Å². The molecule has 0 aliphatic heterocycles. The van der Waals surface area contributed by atoms with E-state index in [1.165, 1.54) is 17.4 Å². The lowest BCUT2D eigenvalue weighted by atomic mass is 9.99. The Labute approximate surface area is 121 Å². The van der Waals surface area contributed by atoms with E-state index in [0.717, 1.165) is 15.8 Å². The van der Waals surface area contributed by atoms with Gasteiger partial charge >= 0.3 is 6.18 Å². The van der Waals surface area contributed by atoms with Crippen LogP contribution >= 0.6 is 27.3 Å². The number of hydrogen-bond acceptors (Lipinski definition) is 2. The second-order valence-corrected chi connectivity index (χ2v) is 6.39. The van der Waals surface area contributed by atoms with Crippen LogP contribution in [0.15, 0.2) is 34.8 Å². The third-order valence-corrected chi connectivity index (χ3v) is 4.30. The molecule has 0 aliphatic carbocycles. The van der Waals surface area contributed by atoms with E-state index in [9.17, 15) is 13.2 Å². The quantitative estimate of drug-likeness (QED) is 0.820. The maximum absolute atomic E-state index is 13.0. The topological polar surface area (TPSA) is 26.0 Å². The van der Waals surface area contributed by atoms with Gasteiger partial charge in [-0.3, -0.25) is 0 Å². The number of alkyl halides is 3. The summed E-state index contributed by atoms with van der Waals surface area (Å²) in [4.78, 5) is 1.75. The predicted molar refractivity (Wildman–Crippen MR) is 74.2 cm³/mol. The van der Waals surface area contributed by atoms with Crippen molar-refractivity contribution in [3.05, 3.63) is 55.7 Å². The van der Waals surface area contributed by atoms with Crippen LogP contribution in [-0.2, 0) is 6.18 Å². The number of halogens is 4. The fourth-order valence-electron chi connectivity index (χ4n) is 1.82. The highest BCUT2D eigenvalue weighted by Gasteiger charge is 2.35. The summed E-state index contributed by atoms with van der Waals surface area (Å²) < 4.78 is 39.5. The zero-order valence-corrected chi connectivity index (χ0v) is 12.4. The molecule has 1 unspecified atom stereocenters. The molecule has 19 heavy (non-hydrogen) atoms. The van der Waals surface area contributed by atoms with E-state index in [0.29, 0.717) is 4.47 Å². The maximum atomic E-state index is 13.0. The molecule has 102 valence electrons. The van der Waals surface area contributed by atoms with E-state index in [1.54, 1.807) is 12.1 Å². The largest absolute Gasteiger partial charge is 0.416 e. The molecule has 1 heterocycles. The first-order chi connectivity index (χ1) is 8.79. The van der Waals surface area contributed by atoms with Crippen molar-refractivity contribution in [2.45, 2.75) is 19.1 Å². The van der Waals surface area contributed by atoms with Gasteiger partial charge in [0.1, 0.15) is 0 Å². The number of rotatable bonds is 2. The molecule has 0 bridgehead atoms. The minimum absolute atomic E-state index is 0.0950. The molecule has 0 radical (unpaired) electrons. The number of aryl methyl sites for hydroxylation is 1. The summed E-state index contributed by atoms with van der Waals surface area (Å²) in [6.07, 6.45) is -4.41. The van der Waals surface area contributed by atoms with E-state index in [2.05, 4.69) is 15.9 Å². The molecule has 2 N–H and O–H groups in total. The minimum Gasteiger partial charge on any atom is -0.320 e. The number of nitrogens with two attached hydrogens (primary N) is 1. The molecular weight excluding hydrogens is 339 g/mol. The van der Waals surface area contributed by atoms with Crippen molar-refractivity contribution in [2.24, 2.45) is 5.73 Å². The Morgan fingerprint density at radius 1 is 1.21 bits per heavy atom. The van der Waals surface area contributed by atoms with Crippen molar-refractivity contribution in [1.82, 2.24) is 0 Å². The molecule has 1 nitrogen and oxygen atoms in total. The summed E-state index contributed by atoms with van der Waals surface area (Å²) in [5, 5.41) is 0. The van der Waals surface area contributed by atoms with E-state index in [1.807, 2.05) is 13.0 Å². The van der Waals surface area contributed by atoms with Crippen LogP contribution in [0.1, 0.15) is 26.9 Å². The van der Waals surface area contributed by atoms with E-state index in [-0.39, 0.29) is 5.56 Å². The zero-order chi connectivity index (χ0) is 14.2. The fraction of sp³-hybridized carbons (Fsp3) is 0.231. The third kappa shape index (κ3) is 3.19. The summed E-state index contributed by atoms with van der Waals surface area (Å²) in [6.45, 7) is 1.90. The molecule has 0 fully saturated rings.